The molecule has 1 aliphatic carbocycles. The van der Waals surface area contributed by atoms with Crippen LogP contribution in [-0.2, 0) is 0 Å². The second-order valence-electron chi connectivity index (χ2n) is 4.56. The Balaban J connectivity index is 2.06. The Labute approximate surface area is 135 Å². The maximum atomic E-state index is 12.6. The van der Waals surface area contributed by atoms with Crippen molar-refractivity contribution >= 4 is 46.3 Å². The van der Waals surface area contributed by atoms with Gasteiger partial charge < -0.3 is 0 Å². The predicted molar refractivity (Wildman–Crippen MR) is 85.5 cm³/mol. The van der Waals surface area contributed by atoms with Gasteiger partial charge in [0.1, 0.15) is 10.6 Å². The number of thioether (sulfide) groups is 1. The monoisotopic (exact) mass is 335 g/mol. The number of hydrogen-bond acceptors (Lipinski definition) is 5. The molecule has 3 rings (SSSR count). The number of carbonyl (C=O) groups is 2. The molecule has 0 amide bonds. The van der Waals surface area contributed by atoms with Crippen molar-refractivity contribution in [2.45, 2.75) is 18.7 Å². The average molecular weight is 336 g/mol. The van der Waals surface area contributed by atoms with Gasteiger partial charge in [-0.3, -0.25) is 9.59 Å². The highest BCUT2D eigenvalue weighted by atomic mass is 35.5. The van der Waals surface area contributed by atoms with Crippen LogP contribution in [0.4, 0.5) is 0 Å². The van der Waals surface area contributed by atoms with Gasteiger partial charge >= 0.3 is 0 Å². The number of ketones is 2. The molecule has 1 aromatic heterocycles. The molecule has 1 heterocycles. The van der Waals surface area contributed by atoms with Gasteiger partial charge in [-0.15, -0.1) is 11.3 Å². The molecule has 0 unspecified atom stereocenters. The van der Waals surface area contributed by atoms with E-state index in [0.29, 0.717) is 20.4 Å². The number of carbonyl (C=O) groups excluding carboxylic acids is 2. The van der Waals surface area contributed by atoms with E-state index in [-0.39, 0.29) is 17.3 Å². The first-order chi connectivity index (χ1) is 9.99. The second kappa shape index (κ2) is 5.40. The van der Waals surface area contributed by atoms with Gasteiger partial charge in [-0.1, -0.05) is 35.5 Å². The van der Waals surface area contributed by atoms with Crippen molar-refractivity contribution in [1.82, 2.24) is 4.98 Å². The highest BCUT2D eigenvalue weighted by Crippen LogP contribution is 2.40. The number of thiazole rings is 1. The molecule has 0 fully saturated rings. The van der Waals surface area contributed by atoms with Crippen LogP contribution >= 0.6 is 34.7 Å². The molecule has 0 atom stereocenters. The zero-order chi connectivity index (χ0) is 15.1. The molecule has 6 heteroatoms. The lowest BCUT2D eigenvalue weighted by molar-refractivity contribution is 0.0981. The van der Waals surface area contributed by atoms with Crippen LogP contribution < -0.4 is 0 Å². The summed E-state index contributed by atoms with van der Waals surface area (Å²) in [4.78, 5) is 30.7. The smallest absolute Gasteiger partial charge is 0.212 e. The Bertz CT molecular complexity index is 808. The zero-order valence-corrected chi connectivity index (χ0v) is 13.7. The number of benzene rings is 1. The maximum absolute atomic E-state index is 12.6. The minimum Gasteiger partial charge on any atom is -0.287 e. The molecule has 0 N–H and O–H groups in total. The lowest BCUT2D eigenvalue weighted by Gasteiger charge is -2.15. The van der Waals surface area contributed by atoms with E-state index in [2.05, 4.69) is 4.98 Å². The molecular weight excluding hydrogens is 326 g/mol. The molecule has 0 saturated carbocycles. The molecule has 2 aromatic rings. The topological polar surface area (TPSA) is 47.0 Å². The molecule has 1 aromatic carbocycles. The Morgan fingerprint density at radius 2 is 1.86 bits per heavy atom. The fourth-order valence-corrected chi connectivity index (χ4v) is 4.20. The average Bonchev–Trinajstić information content (AvgIpc) is 2.85. The Morgan fingerprint density at radius 1 is 1.14 bits per heavy atom. The highest BCUT2D eigenvalue weighted by Gasteiger charge is 2.34. The Kier molecular flexibility index (Phi) is 3.73. The number of rotatable bonds is 2. The summed E-state index contributed by atoms with van der Waals surface area (Å²) in [5.74, 6) is -0.318. The summed E-state index contributed by atoms with van der Waals surface area (Å²) in [5.41, 5.74) is 0.714. The summed E-state index contributed by atoms with van der Waals surface area (Å²) in [6.45, 7) is 3.46. The van der Waals surface area contributed by atoms with E-state index in [9.17, 15) is 9.59 Å². The third kappa shape index (κ3) is 2.46. The van der Waals surface area contributed by atoms with Crippen LogP contribution in [0, 0.1) is 6.92 Å². The maximum Gasteiger partial charge on any atom is 0.212 e. The van der Waals surface area contributed by atoms with Crippen LogP contribution in [0.1, 0.15) is 32.1 Å². The van der Waals surface area contributed by atoms with Crippen LogP contribution in [0.3, 0.4) is 0 Å². The molecule has 3 nitrogen and oxygen atoms in total. The Hall–Kier alpha value is -1.43. The first kappa shape index (κ1) is 14.5. The number of aryl methyl sites for hydroxylation is 1. The molecule has 0 aliphatic heterocycles. The van der Waals surface area contributed by atoms with Crippen molar-refractivity contribution in [3.05, 3.63) is 55.3 Å². The fraction of sp³-hybridized carbons (Fsp3) is 0.133. The first-order valence-corrected chi connectivity index (χ1v) is 8.20. The molecule has 0 saturated heterocycles. The van der Waals surface area contributed by atoms with Crippen molar-refractivity contribution < 1.29 is 9.59 Å². The standard InChI is InChI=1S/C15H10ClNO2S2/c1-7-12(18)11-15(20-8(2)17-11)13(19)14(7)21-10-6-4-3-5-9(10)16/h3-6H,1-2H3. The lowest BCUT2D eigenvalue weighted by Crippen LogP contribution is -2.18. The van der Waals surface area contributed by atoms with E-state index in [1.54, 1.807) is 19.9 Å². The number of nitrogens with zero attached hydrogens (tertiary/aromatic N) is 1. The Morgan fingerprint density at radius 3 is 2.57 bits per heavy atom. The molecular formula is C15H10ClNO2S2. The van der Waals surface area contributed by atoms with Crippen molar-refractivity contribution in [1.29, 1.82) is 0 Å². The van der Waals surface area contributed by atoms with Gasteiger partial charge in [0.25, 0.3) is 0 Å². The number of Topliss-reactive ketones (excluding diaryl/α,β-unsaturated/α-hetero) is 2. The van der Waals surface area contributed by atoms with Crippen LogP contribution in [0.25, 0.3) is 0 Å². The number of hydrogen-bond donors (Lipinski definition) is 0. The third-order valence-corrected chi connectivity index (χ3v) is 5.77. The summed E-state index contributed by atoms with van der Waals surface area (Å²) in [5, 5.41) is 1.29. The van der Waals surface area contributed by atoms with E-state index in [4.69, 9.17) is 11.6 Å². The number of allylic oxidation sites excluding steroid dienone is 2. The first-order valence-electron chi connectivity index (χ1n) is 6.19. The highest BCUT2D eigenvalue weighted by molar-refractivity contribution is 8.04. The molecule has 0 bridgehead atoms. The number of aromatic nitrogens is 1. The summed E-state index contributed by atoms with van der Waals surface area (Å²) in [6, 6.07) is 7.27. The van der Waals surface area contributed by atoms with Gasteiger partial charge in [-0.25, -0.2) is 4.98 Å². The van der Waals surface area contributed by atoms with Crippen LogP contribution in [0.2, 0.25) is 5.02 Å². The third-order valence-electron chi connectivity index (χ3n) is 3.09. The van der Waals surface area contributed by atoms with Gasteiger partial charge in [-0.05, 0) is 26.0 Å². The minimum atomic E-state index is -0.177. The number of fused-ring (bicyclic) bond motifs is 1. The quantitative estimate of drug-likeness (QED) is 0.807. The molecule has 0 spiro atoms. The molecule has 21 heavy (non-hydrogen) atoms. The summed E-state index contributed by atoms with van der Waals surface area (Å²) >= 11 is 8.63. The molecule has 106 valence electrons. The van der Waals surface area contributed by atoms with E-state index in [1.807, 2.05) is 18.2 Å². The summed E-state index contributed by atoms with van der Waals surface area (Å²) < 4.78 is 0. The minimum absolute atomic E-state index is 0.141. The lowest BCUT2D eigenvalue weighted by atomic mass is 10.0. The van der Waals surface area contributed by atoms with E-state index >= 15 is 0 Å². The van der Waals surface area contributed by atoms with Crippen molar-refractivity contribution in [3.8, 4) is 0 Å². The van der Waals surface area contributed by atoms with Gasteiger partial charge in [0, 0.05) is 10.5 Å². The van der Waals surface area contributed by atoms with Gasteiger partial charge in [-0.2, -0.15) is 0 Å². The summed E-state index contributed by atoms with van der Waals surface area (Å²) in [7, 11) is 0. The fourth-order valence-electron chi connectivity index (χ4n) is 2.05. The van der Waals surface area contributed by atoms with E-state index in [0.717, 1.165) is 9.90 Å². The summed E-state index contributed by atoms with van der Waals surface area (Å²) in [6.07, 6.45) is 0. The van der Waals surface area contributed by atoms with Gasteiger partial charge in [0.2, 0.25) is 11.6 Å². The van der Waals surface area contributed by atoms with E-state index in [1.165, 1.54) is 23.1 Å². The van der Waals surface area contributed by atoms with Crippen LogP contribution in [-0.4, -0.2) is 16.6 Å². The van der Waals surface area contributed by atoms with Gasteiger partial charge in [0.15, 0.2) is 0 Å². The molecule has 1 aliphatic rings. The van der Waals surface area contributed by atoms with Crippen molar-refractivity contribution in [2.75, 3.05) is 0 Å². The SMILES string of the molecule is CC1=C(Sc2ccccc2Cl)C(=O)c2sc(C)nc2C1=O. The largest absolute Gasteiger partial charge is 0.287 e. The predicted octanol–water partition coefficient (Wildman–Crippen LogP) is 4.55. The second-order valence-corrected chi connectivity index (χ2v) is 7.22. The van der Waals surface area contributed by atoms with E-state index < -0.39 is 0 Å². The van der Waals surface area contributed by atoms with Crippen LogP contribution in [0.15, 0.2) is 39.6 Å². The zero-order valence-electron chi connectivity index (χ0n) is 11.3. The van der Waals surface area contributed by atoms with Crippen molar-refractivity contribution in [3.63, 3.8) is 0 Å². The normalized spacial score (nSPS) is 14.6. The van der Waals surface area contributed by atoms with Crippen LogP contribution in [0.5, 0.6) is 0 Å². The number of halogens is 1. The molecule has 0 radical (unpaired) electrons. The van der Waals surface area contributed by atoms with Gasteiger partial charge in [0.05, 0.1) is 14.9 Å². The van der Waals surface area contributed by atoms with Crippen molar-refractivity contribution in [2.24, 2.45) is 0 Å².